The highest BCUT2D eigenvalue weighted by atomic mass is 32.2. The van der Waals surface area contributed by atoms with E-state index >= 15 is 0 Å². The van der Waals surface area contributed by atoms with Gasteiger partial charge in [-0.3, -0.25) is 9.10 Å². The molecule has 0 amide bonds. The molecule has 0 fully saturated rings. The summed E-state index contributed by atoms with van der Waals surface area (Å²) < 4.78 is 29.3. The highest BCUT2D eigenvalue weighted by Gasteiger charge is 2.20. The smallest absolute Gasteiger partial charge is 0.335 e. The Balaban J connectivity index is 2.84. The molecule has 1 N–H and O–H groups in total. The van der Waals surface area contributed by atoms with Crippen LogP contribution < -0.4 is 4.31 Å². The molecule has 0 aromatic heterocycles. The van der Waals surface area contributed by atoms with E-state index < -0.39 is 22.0 Å². The highest BCUT2D eigenvalue weighted by molar-refractivity contribution is 7.92. The molecule has 1 rings (SSSR count). The second kappa shape index (κ2) is 6.38. The fourth-order valence-corrected chi connectivity index (χ4v) is 2.57. The number of esters is 1. The number of hydrogen-bond donors (Lipinski definition) is 1. The van der Waals surface area contributed by atoms with Crippen molar-refractivity contribution in [2.75, 3.05) is 24.2 Å². The number of hydrogen-bond acceptors (Lipinski definition) is 5. The topological polar surface area (TPSA) is 101 Å². The zero-order chi connectivity index (χ0) is 15.3. The Kier molecular flexibility index (Phi) is 5.09. The molecule has 0 aliphatic heterocycles. The fourth-order valence-electron chi connectivity index (χ4n) is 1.43. The quantitative estimate of drug-likeness (QED) is 0.777. The molecule has 1 aromatic carbocycles. The number of carbonyl (C=O) groups is 2. The zero-order valence-corrected chi connectivity index (χ0v) is 11.9. The van der Waals surface area contributed by atoms with E-state index in [2.05, 4.69) is 4.74 Å². The minimum Gasteiger partial charge on any atom is -0.478 e. The molecular formula is C12H15NO6S. The number of aromatic carboxylic acids is 1. The van der Waals surface area contributed by atoms with Crippen LogP contribution in [0.15, 0.2) is 24.3 Å². The molecule has 0 spiro atoms. The molecule has 0 atom stereocenters. The average molecular weight is 301 g/mol. The predicted octanol–water partition coefficient (Wildman–Crippen LogP) is 0.714. The number of ether oxygens (including phenoxy) is 1. The van der Waals surface area contributed by atoms with Crippen LogP contribution in [-0.2, 0) is 19.6 Å². The van der Waals surface area contributed by atoms with E-state index in [1.54, 1.807) is 0 Å². The molecule has 0 aliphatic carbocycles. The Labute approximate surface area is 116 Å². The number of benzene rings is 1. The summed E-state index contributed by atoms with van der Waals surface area (Å²) in [5, 5.41) is 8.76. The van der Waals surface area contributed by atoms with Crippen molar-refractivity contribution >= 4 is 27.6 Å². The van der Waals surface area contributed by atoms with Crippen molar-refractivity contribution in [3.8, 4) is 0 Å². The first-order valence-electron chi connectivity index (χ1n) is 5.64. The molecule has 0 bridgehead atoms. The maximum atomic E-state index is 12.0. The minimum atomic E-state index is -3.67. The van der Waals surface area contributed by atoms with Crippen LogP contribution in [0.4, 0.5) is 5.69 Å². The Morgan fingerprint density at radius 3 is 2.25 bits per heavy atom. The van der Waals surface area contributed by atoms with Gasteiger partial charge in [0.2, 0.25) is 10.0 Å². The third-order valence-corrected chi connectivity index (χ3v) is 4.45. The van der Waals surface area contributed by atoms with E-state index in [1.165, 1.54) is 38.4 Å². The van der Waals surface area contributed by atoms with Crippen LogP contribution in [0.3, 0.4) is 0 Å². The van der Waals surface area contributed by atoms with Gasteiger partial charge in [-0.1, -0.05) is 0 Å². The van der Waals surface area contributed by atoms with Crippen molar-refractivity contribution in [3.63, 3.8) is 0 Å². The van der Waals surface area contributed by atoms with Crippen molar-refractivity contribution in [2.45, 2.75) is 6.42 Å². The van der Waals surface area contributed by atoms with E-state index in [4.69, 9.17) is 5.11 Å². The highest BCUT2D eigenvalue weighted by Crippen LogP contribution is 2.17. The minimum absolute atomic E-state index is 0.0640. The number of carbonyl (C=O) groups excluding carboxylic acids is 1. The van der Waals surface area contributed by atoms with Crippen LogP contribution in [0.1, 0.15) is 16.8 Å². The maximum absolute atomic E-state index is 12.0. The molecule has 0 aliphatic rings. The molecule has 0 unspecified atom stereocenters. The monoisotopic (exact) mass is 301 g/mol. The molecule has 110 valence electrons. The van der Waals surface area contributed by atoms with Crippen LogP contribution in [0.2, 0.25) is 0 Å². The largest absolute Gasteiger partial charge is 0.478 e. The lowest BCUT2D eigenvalue weighted by Gasteiger charge is -2.19. The first-order valence-corrected chi connectivity index (χ1v) is 7.25. The third-order valence-electron chi connectivity index (χ3n) is 2.69. The van der Waals surface area contributed by atoms with Gasteiger partial charge in [-0.15, -0.1) is 0 Å². The lowest BCUT2D eigenvalue weighted by atomic mass is 10.2. The van der Waals surface area contributed by atoms with Gasteiger partial charge in [0, 0.05) is 7.05 Å². The number of anilines is 1. The number of nitrogens with zero attached hydrogens (tertiary/aromatic N) is 1. The normalized spacial score (nSPS) is 10.9. The zero-order valence-electron chi connectivity index (χ0n) is 11.1. The second-order valence-electron chi connectivity index (χ2n) is 3.96. The van der Waals surface area contributed by atoms with Gasteiger partial charge in [0.1, 0.15) is 0 Å². The lowest BCUT2D eigenvalue weighted by molar-refractivity contribution is -0.140. The first kappa shape index (κ1) is 16.0. The number of sulfonamides is 1. The SMILES string of the molecule is COC(=O)CCS(=O)(=O)N(C)c1ccc(C(=O)O)cc1. The Bertz CT molecular complexity index is 593. The molecule has 8 heteroatoms. The third kappa shape index (κ3) is 3.95. The molecule has 0 saturated heterocycles. The Hall–Kier alpha value is -2.09. The number of carboxylic acids is 1. The second-order valence-corrected chi connectivity index (χ2v) is 6.08. The van der Waals surface area contributed by atoms with Crippen LogP contribution in [0.5, 0.6) is 0 Å². The van der Waals surface area contributed by atoms with E-state index in [9.17, 15) is 18.0 Å². The van der Waals surface area contributed by atoms with Gasteiger partial charge in [-0.05, 0) is 24.3 Å². The summed E-state index contributed by atoms with van der Waals surface area (Å²) in [6.07, 6.45) is -0.240. The lowest BCUT2D eigenvalue weighted by Crippen LogP contribution is -2.30. The van der Waals surface area contributed by atoms with Crippen molar-refractivity contribution in [2.24, 2.45) is 0 Å². The van der Waals surface area contributed by atoms with Crippen LogP contribution >= 0.6 is 0 Å². The van der Waals surface area contributed by atoms with Gasteiger partial charge in [0.25, 0.3) is 0 Å². The summed E-state index contributed by atoms with van der Waals surface area (Å²) in [7, 11) is -1.15. The fraction of sp³-hybridized carbons (Fsp3) is 0.333. The molecule has 0 radical (unpaired) electrons. The number of rotatable bonds is 6. The summed E-state index contributed by atoms with van der Waals surface area (Å²) in [5.74, 6) is -2.08. The first-order chi connectivity index (χ1) is 9.27. The van der Waals surface area contributed by atoms with E-state index in [0.29, 0.717) is 5.69 Å². The van der Waals surface area contributed by atoms with Crippen molar-refractivity contribution in [3.05, 3.63) is 29.8 Å². The average Bonchev–Trinajstić information content (AvgIpc) is 2.44. The molecule has 1 aromatic rings. The van der Waals surface area contributed by atoms with E-state index in [1.807, 2.05) is 0 Å². The molecular weight excluding hydrogens is 286 g/mol. The molecule has 0 saturated carbocycles. The number of carboxylic acid groups (broad SMARTS) is 1. The summed E-state index contributed by atoms with van der Waals surface area (Å²) >= 11 is 0. The van der Waals surface area contributed by atoms with Gasteiger partial charge in [-0.25, -0.2) is 13.2 Å². The number of methoxy groups -OCH3 is 1. The van der Waals surface area contributed by atoms with Gasteiger partial charge < -0.3 is 9.84 Å². The van der Waals surface area contributed by atoms with E-state index in [-0.39, 0.29) is 17.7 Å². The Morgan fingerprint density at radius 1 is 1.25 bits per heavy atom. The molecule has 20 heavy (non-hydrogen) atoms. The van der Waals surface area contributed by atoms with Crippen LogP contribution in [0.25, 0.3) is 0 Å². The summed E-state index contributed by atoms with van der Waals surface area (Å²) in [4.78, 5) is 21.7. The van der Waals surface area contributed by atoms with E-state index in [0.717, 1.165) is 4.31 Å². The van der Waals surface area contributed by atoms with Crippen molar-refractivity contribution in [1.29, 1.82) is 0 Å². The van der Waals surface area contributed by atoms with Crippen molar-refractivity contribution < 1.29 is 27.9 Å². The maximum Gasteiger partial charge on any atom is 0.335 e. The molecule has 7 nitrogen and oxygen atoms in total. The van der Waals surface area contributed by atoms with Crippen LogP contribution in [-0.4, -0.2) is 45.4 Å². The Morgan fingerprint density at radius 2 is 1.80 bits per heavy atom. The van der Waals surface area contributed by atoms with Crippen LogP contribution in [0, 0.1) is 0 Å². The molecule has 0 heterocycles. The van der Waals surface area contributed by atoms with Gasteiger partial charge in [0.05, 0.1) is 30.5 Å². The van der Waals surface area contributed by atoms with Gasteiger partial charge >= 0.3 is 11.9 Å². The predicted molar refractivity (Wildman–Crippen MR) is 72.2 cm³/mol. The van der Waals surface area contributed by atoms with Crippen molar-refractivity contribution in [1.82, 2.24) is 0 Å². The summed E-state index contributed by atoms with van der Waals surface area (Å²) in [6.45, 7) is 0. The van der Waals surface area contributed by atoms with Gasteiger partial charge in [-0.2, -0.15) is 0 Å². The summed E-state index contributed by atoms with van der Waals surface area (Å²) in [6, 6.07) is 5.40. The standard InChI is InChI=1S/C12H15NO6S/c1-13(20(17,18)8-7-11(14)19-2)10-5-3-9(4-6-10)12(15)16/h3-6H,7-8H2,1-2H3,(H,15,16). The summed E-state index contributed by atoms with van der Waals surface area (Å²) in [5.41, 5.74) is 0.383. The van der Waals surface area contributed by atoms with Gasteiger partial charge in [0.15, 0.2) is 0 Å².